The van der Waals surface area contributed by atoms with Gasteiger partial charge in [0.25, 0.3) is 11.8 Å². The summed E-state index contributed by atoms with van der Waals surface area (Å²) in [5.41, 5.74) is 4.40. The molecule has 9 heteroatoms. The van der Waals surface area contributed by atoms with Crippen LogP contribution in [0.4, 0.5) is 10.1 Å². The number of rotatable bonds is 4. The molecular weight excluding hydrogens is 469 g/mol. The molecule has 1 N–H and O–H groups in total. The summed E-state index contributed by atoms with van der Waals surface area (Å²) in [6.45, 7) is 5.66. The normalized spacial score (nSPS) is 14.9. The zero-order chi connectivity index (χ0) is 25.4. The van der Waals surface area contributed by atoms with E-state index in [9.17, 15) is 18.8 Å². The van der Waals surface area contributed by atoms with Crippen LogP contribution in [0.5, 0.6) is 0 Å². The number of anilines is 1. The Morgan fingerprint density at radius 3 is 2.51 bits per heavy atom. The van der Waals surface area contributed by atoms with Gasteiger partial charge in [-0.25, -0.2) is 9.18 Å². The van der Waals surface area contributed by atoms with Crippen molar-refractivity contribution in [3.8, 4) is 5.69 Å². The highest BCUT2D eigenvalue weighted by Crippen LogP contribution is 2.28. The molecular formula is C26H22FN3O4S. The average Bonchev–Trinajstić information content (AvgIpc) is 3.09. The van der Waals surface area contributed by atoms with Gasteiger partial charge in [-0.1, -0.05) is 12.1 Å². The van der Waals surface area contributed by atoms with Crippen LogP contribution in [-0.2, 0) is 14.3 Å². The number of amides is 2. The summed E-state index contributed by atoms with van der Waals surface area (Å²) in [5.74, 6) is -2.28. The number of methoxy groups -OCH3 is 1. The minimum absolute atomic E-state index is 0.122. The number of hydrogen-bond donors (Lipinski definition) is 1. The van der Waals surface area contributed by atoms with Crippen molar-refractivity contribution in [3.05, 3.63) is 88.0 Å². The van der Waals surface area contributed by atoms with E-state index >= 15 is 0 Å². The Morgan fingerprint density at radius 2 is 1.83 bits per heavy atom. The van der Waals surface area contributed by atoms with E-state index < -0.39 is 23.6 Å². The van der Waals surface area contributed by atoms with E-state index in [1.165, 1.54) is 37.5 Å². The van der Waals surface area contributed by atoms with Crippen molar-refractivity contribution in [1.82, 2.24) is 9.88 Å². The van der Waals surface area contributed by atoms with Crippen LogP contribution in [0.3, 0.4) is 0 Å². The second kappa shape index (κ2) is 9.27. The van der Waals surface area contributed by atoms with Crippen LogP contribution in [0, 0.1) is 26.6 Å². The summed E-state index contributed by atoms with van der Waals surface area (Å²) in [6.07, 6.45) is 1.49. The monoisotopic (exact) mass is 491 g/mol. The van der Waals surface area contributed by atoms with Crippen LogP contribution in [-0.4, -0.2) is 34.6 Å². The van der Waals surface area contributed by atoms with E-state index in [1.54, 1.807) is 12.1 Å². The standard InChI is InChI=1S/C26H22FN3O4S/c1-14-8-9-17(25(33)34-4)12-22(14)29-15(2)10-18(16(29)3)11-21-23(31)28-26(35)30(24(21)32)20-7-5-6-19(27)13-20/h5-13H,1-4H3,(H,28,31,35)/b21-11+. The molecule has 1 aliphatic rings. The van der Waals surface area contributed by atoms with Gasteiger partial charge in [0.05, 0.1) is 18.4 Å². The molecule has 4 rings (SSSR count). The maximum atomic E-state index is 13.8. The number of aryl methyl sites for hydroxylation is 2. The molecule has 1 fully saturated rings. The van der Waals surface area contributed by atoms with Crippen LogP contribution in [0.15, 0.2) is 54.1 Å². The van der Waals surface area contributed by atoms with Gasteiger partial charge >= 0.3 is 5.97 Å². The number of benzene rings is 2. The van der Waals surface area contributed by atoms with Gasteiger partial charge in [0.2, 0.25) is 0 Å². The van der Waals surface area contributed by atoms with Crippen LogP contribution >= 0.6 is 12.2 Å². The first kappa shape index (κ1) is 24.0. The molecule has 0 aliphatic carbocycles. The maximum absolute atomic E-state index is 13.8. The van der Waals surface area contributed by atoms with Gasteiger partial charge in [-0.3, -0.25) is 19.8 Å². The summed E-state index contributed by atoms with van der Waals surface area (Å²) in [5, 5.41) is 2.38. The topological polar surface area (TPSA) is 80.6 Å². The van der Waals surface area contributed by atoms with E-state index in [4.69, 9.17) is 17.0 Å². The summed E-state index contributed by atoms with van der Waals surface area (Å²) < 4.78 is 20.6. The SMILES string of the molecule is COC(=O)c1ccc(C)c(-n2c(C)cc(/C=C3\C(=O)NC(=S)N(c4cccc(F)c4)C3=O)c2C)c1. The first-order valence-corrected chi connectivity index (χ1v) is 11.1. The second-order valence-electron chi connectivity index (χ2n) is 8.09. The van der Waals surface area contributed by atoms with Gasteiger partial charge in [0, 0.05) is 17.1 Å². The van der Waals surface area contributed by atoms with E-state index in [2.05, 4.69) is 5.32 Å². The number of ether oxygens (including phenoxy) is 1. The highest BCUT2D eigenvalue weighted by molar-refractivity contribution is 7.80. The molecule has 178 valence electrons. The largest absolute Gasteiger partial charge is 0.465 e. The van der Waals surface area contributed by atoms with Crippen molar-refractivity contribution in [1.29, 1.82) is 0 Å². The lowest BCUT2D eigenvalue weighted by atomic mass is 10.1. The number of halogens is 1. The Kier molecular flexibility index (Phi) is 6.36. The Labute approximate surface area is 206 Å². The third-order valence-electron chi connectivity index (χ3n) is 5.81. The number of nitrogens with zero attached hydrogens (tertiary/aromatic N) is 2. The fourth-order valence-corrected chi connectivity index (χ4v) is 4.34. The van der Waals surface area contributed by atoms with Gasteiger partial charge in [-0.05, 0) is 86.6 Å². The third-order valence-corrected chi connectivity index (χ3v) is 6.09. The average molecular weight is 492 g/mol. The maximum Gasteiger partial charge on any atom is 0.337 e. The summed E-state index contributed by atoms with van der Waals surface area (Å²) in [4.78, 5) is 39.1. The van der Waals surface area contributed by atoms with E-state index in [-0.39, 0.29) is 16.4 Å². The number of carbonyl (C=O) groups excluding carboxylic acids is 3. The summed E-state index contributed by atoms with van der Waals surface area (Å²) in [6, 6.07) is 12.5. The van der Waals surface area contributed by atoms with E-state index in [1.807, 2.05) is 37.5 Å². The van der Waals surface area contributed by atoms with Crippen LogP contribution in [0.1, 0.15) is 32.9 Å². The highest BCUT2D eigenvalue weighted by Gasteiger charge is 2.35. The summed E-state index contributed by atoms with van der Waals surface area (Å²) >= 11 is 5.18. The zero-order valence-corrected chi connectivity index (χ0v) is 20.3. The minimum atomic E-state index is -0.655. The van der Waals surface area contributed by atoms with Gasteiger partial charge in [-0.15, -0.1) is 0 Å². The number of nitrogens with one attached hydrogen (secondary N) is 1. The van der Waals surface area contributed by atoms with Crippen molar-refractivity contribution in [2.45, 2.75) is 20.8 Å². The van der Waals surface area contributed by atoms with Crippen LogP contribution in [0.25, 0.3) is 11.8 Å². The Morgan fingerprint density at radius 1 is 1.09 bits per heavy atom. The molecule has 1 saturated heterocycles. The molecule has 0 unspecified atom stereocenters. The molecule has 3 aromatic rings. The zero-order valence-electron chi connectivity index (χ0n) is 19.5. The van der Waals surface area contributed by atoms with Crippen molar-refractivity contribution in [3.63, 3.8) is 0 Å². The first-order valence-electron chi connectivity index (χ1n) is 10.7. The molecule has 0 bridgehead atoms. The molecule has 0 saturated carbocycles. The van der Waals surface area contributed by atoms with Crippen molar-refractivity contribution < 1.29 is 23.5 Å². The van der Waals surface area contributed by atoms with Crippen molar-refractivity contribution in [2.75, 3.05) is 12.0 Å². The number of esters is 1. The fraction of sp³-hybridized carbons (Fsp3) is 0.154. The molecule has 1 aliphatic heterocycles. The summed E-state index contributed by atoms with van der Waals surface area (Å²) in [7, 11) is 1.32. The molecule has 35 heavy (non-hydrogen) atoms. The molecule has 7 nitrogen and oxygen atoms in total. The van der Waals surface area contributed by atoms with Crippen LogP contribution in [0.2, 0.25) is 0 Å². The molecule has 2 aromatic carbocycles. The predicted octanol–water partition coefficient (Wildman–Crippen LogP) is 4.16. The highest BCUT2D eigenvalue weighted by atomic mass is 32.1. The lowest BCUT2D eigenvalue weighted by Crippen LogP contribution is -2.54. The minimum Gasteiger partial charge on any atom is -0.465 e. The quantitative estimate of drug-likeness (QED) is 0.257. The van der Waals surface area contributed by atoms with Crippen molar-refractivity contribution >= 4 is 46.9 Å². The van der Waals surface area contributed by atoms with E-state index in [0.29, 0.717) is 11.1 Å². The molecule has 1 aromatic heterocycles. The number of aromatic nitrogens is 1. The smallest absolute Gasteiger partial charge is 0.337 e. The van der Waals surface area contributed by atoms with Crippen molar-refractivity contribution in [2.24, 2.45) is 0 Å². The first-order chi connectivity index (χ1) is 16.6. The predicted molar refractivity (Wildman–Crippen MR) is 134 cm³/mol. The number of hydrogen-bond acceptors (Lipinski definition) is 5. The Balaban J connectivity index is 1.79. The van der Waals surface area contributed by atoms with Crippen LogP contribution < -0.4 is 10.2 Å². The molecule has 2 heterocycles. The fourth-order valence-electron chi connectivity index (χ4n) is 4.06. The molecule has 2 amide bonds. The number of carbonyl (C=O) groups is 3. The van der Waals surface area contributed by atoms with Gasteiger partial charge < -0.3 is 9.30 Å². The Bertz CT molecular complexity index is 1440. The lowest BCUT2D eigenvalue weighted by molar-refractivity contribution is -0.122. The number of thiocarbonyl (C=S) groups is 1. The third kappa shape index (κ3) is 4.38. The van der Waals surface area contributed by atoms with E-state index in [0.717, 1.165) is 27.5 Å². The molecule has 0 radical (unpaired) electrons. The van der Waals surface area contributed by atoms with Gasteiger partial charge in [0.1, 0.15) is 11.4 Å². The van der Waals surface area contributed by atoms with Gasteiger partial charge in [0.15, 0.2) is 5.11 Å². The molecule has 0 atom stereocenters. The second-order valence-corrected chi connectivity index (χ2v) is 8.48. The molecule has 0 spiro atoms. The lowest BCUT2D eigenvalue weighted by Gasteiger charge is -2.28. The van der Waals surface area contributed by atoms with Gasteiger partial charge in [-0.2, -0.15) is 0 Å². The Hall–Kier alpha value is -4.11.